The van der Waals surface area contributed by atoms with Crippen molar-refractivity contribution in [3.8, 4) is 6.07 Å². The van der Waals surface area contributed by atoms with Gasteiger partial charge in [0.15, 0.2) is 0 Å². The highest BCUT2D eigenvalue weighted by Crippen LogP contribution is 2.33. The van der Waals surface area contributed by atoms with Crippen LogP contribution >= 0.6 is 39.1 Å². The van der Waals surface area contributed by atoms with Gasteiger partial charge in [0.05, 0.1) is 27.0 Å². The Balaban J connectivity index is 2.44. The molecule has 90 valence electrons. The summed E-state index contributed by atoms with van der Waals surface area (Å²) in [7, 11) is 0. The Bertz CT molecular complexity index is 635. The molecule has 18 heavy (non-hydrogen) atoms. The molecule has 0 fully saturated rings. The van der Waals surface area contributed by atoms with E-state index in [0.29, 0.717) is 27.0 Å². The lowest BCUT2D eigenvalue weighted by molar-refractivity contribution is 1.44. The molecule has 0 unspecified atom stereocenters. The molecule has 5 heteroatoms. The summed E-state index contributed by atoms with van der Waals surface area (Å²) in [5.41, 5.74) is 1.86. The van der Waals surface area contributed by atoms with Gasteiger partial charge in [-0.2, -0.15) is 5.26 Å². The molecule has 2 nitrogen and oxygen atoms in total. The van der Waals surface area contributed by atoms with Gasteiger partial charge in [-0.3, -0.25) is 0 Å². The summed E-state index contributed by atoms with van der Waals surface area (Å²) in [6, 6.07) is 12.9. The van der Waals surface area contributed by atoms with Crippen molar-refractivity contribution in [3.63, 3.8) is 0 Å². The zero-order valence-electron chi connectivity index (χ0n) is 9.05. The Labute approximate surface area is 123 Å². The van der Waals surface area contributed by atoms with Gasteiger partial charge in [0, 0.05) is 4.47 Å². The van der Waals surface area contributed by atoms with Crippen LogP contribution in [0.5, 0.6) is 0 Å². The summed E-state index contributed by atoms with van der Waals surface area (Å²) < 4.78 is 0.730. The Morgan fingerprint density at radius 2 is 1.72 bits per heavy atom. The van der Waals surface area contributed by atoms with Crippen molar-refractivity contribution in [1.82, 2.24) is 0 Å². The summed E-state index contributed by atoms with van der Waals surface area (Å²) in [4.78, 5) is 0. The van der Waals surface area contributed by atoms with Crippen LogP contribution in [0.2, 0.25) is 10.0 Å². The van der Waals surface area contributed by atoms with Crippen LogP contribution in [0.15, 0.2) is 40.9 Å². The third kappa shape index (κ3) is 2.62. The third-order valence-electron chi connectivity index (χ3n) is 2.35. The van der Waals surface area contributed by atoms with Crippen molar-refractivity contribution in [3.05, 3.63) is 56.5 Å². The molecule has 0 saturated carbocycles. The minimum atomic E-state index is 0.433. The first-order valence-corrected chi connectivity index (χ1v) is 6.58. The van der Waals surface area contributed by atoms with E-state index in [0.717, 1.165) is 4.47 Å². The number of nitrogens with zero attached hydrogens (tertiary/aromatic N) is 1. The molecule has 2 aromatic carbocycles. The van der Waals surface area contributed by atoms with Crippen molar-refractivity contribution < 1.29 is 0 Å². The predicted octanol–water partition coefficient (Wildman–Crippen LogP) is 5.37. The second-order valence-corrected chi connectivity index (χ2v) is 5.14. The molecule has 0 aliphatic rings. The molecule has 0 amide bonds. The van der Waals surface area contributed by atoms with Crippen LogP contribution in [-0.2, 0) is 0 Å². The fourth-order valence-corrected chi connectivity index (χ4v) is 2.29. The normalized spacial score (nSPS) is 9.89. The highest BCUT2D eigenvalue weighted by Gasteiger charge is 2.09. The van der Waals surface area contributed by atoms with Crippen LogP contribution in [0.25, 0.3) is 0 Å². The van der Waals surface area contributed by atoms with Crippen molar-refractivity contribution in [2.24, 2.45) is 0 Å². The lowest BCUT2D eigenvalue weighted by atomic mass is 10.2. The molecule has 0 aliphatic carbocycles. The molecule has 0 bridgehead atoms. The molecule has 2 rings (SSSR count). The van der Waals surface area contributed by atoms with Gasteiger partial charge >= 0.3 is 0 Å². The summed E-state index contributed by atoms with van der Waals surface area (Å²) in [6.45, 7) is 0. The first-order chi connectivity index (χ1) is 8.63. The standard InChI is InChI=1S/C13H7BrCl2N2/c14-9-3-1-5-11(8(9)7-17)18-12-6-2-4-10(15)13(12)16/h1-6,18H. The number of nitriles is 1. The van der Waals surface area contributed by atoms with Crippen LogP contribution in [0.4, 0.5) is 11.4 Å². The van der Waals surface area contributed by atoms with E-state index in [1.807, 2.05) is 12.1 Å². The second-order valence-electron chi connectivity index (χ2n) is 3.50. The van der Waals surface area contributed by atoms with E-state index in [4.69, 9.17) is 28.5 Å². The van der Waals surface area contributed by atoms with Gasteiger partial charge in [-0.1, -0.05) is 35.3 Å². The van der Waals surface area contributed by atoms with E-state index in [2.05, 4.69) is 27.3 Å². The highest BCUT2D eigenvalue weighted by atomic mass is 79.9. The average Bonchev–Trinajstić information content (AvgIpc) is 2.35. The van der Waals surface area contributed by atoms with Crippen molar-refractivity contribution >= 4 is 50.5 Å². The number of benzene rings is 2. The van der Waals surface area contributed by atoms with E-state index in [1.165, 1.54) is 0 Å². The third-order valence-corrected chi connectivity index (χ3v) is 3.83. The Kier molecular flexibility index (Phi) is 4.13. The minimum Gasteiger partial charge on any atom is -0.353 e. The smallest absolute Gasteiger partial charge is 0.103 e. The van der Waals surface area contributed by atoms with Crippen molar-refractivity contribution in [1.29, 1.82) is 5.26 Å². The van der Waals surface area contributed by atoms with E-state index in [9.17, 15) is 0 Å². The average molecular weight is 342 g/mol. The monoisotopic (exact) mass is 340 g/mol. The molecular weight excluding hydrogens is 335 g/mol. The molecule has 0 heterocycles. The van der Waals surface area contributed by atoms with E-state index in [-0.39, 0.29) is 0 Å². The van der Waals surface area contributed by atoms with Gasteiger partial charge in [-0.05, 0) is 40.2 Å². The van der Waals surface area contributed by atoms with Gasteiger partial charge < -0.3 is 5.32 Å². The first kappa shape index (κ1) is 13.2. The fourth-order valence-electron chi connectivity index (χ4n) is 1.49. The van der Waals surface area contributed by atoms with Gasteiger partial charge in [0.2, 0.25) is 0 Å². The second kappa shape index (κ2) is 5.62. The molecule has 0 spiro atoms. The maximum absolute atomic E-state index is 9.12. The summed E-state index contributed by atoms with van der Waals surface area (Å²) in [6.07, 6.45) is 0. The van der Waals surface area contributed by atoms with Gasteiger partial charge in [0.1, 0.15) is 6.07 Å². The molecule has 2 aromatic rings. The maximum atomic E-state index is 9.12. The molecule has 0 atom stereocenters. The lowest BCUT2D eigenvalue weighted by Crippen LogP contribution is -1.95. The van der Waals surface area contributed by atoms with E-state index < -0.39 is 0 Å². The van der Waals surface area contributed by atoms with Crippen molar-refractivity contribution in [2.45, 2.75) is 0 Å². The Morgan fingerprint density at radius 1 is 1.06 bits per heavy atom. The minimum absolute atomic E-state index is 0.433. The van der Waals surface area contributed by atoms with Gasteiger partial charge in [-0.15, -0.1) is 0 Å². The number of anilines is 2. The molecule has 0 radical (unpaired) electrons. The van der Waals surface area contributed by atoms with Gasteiger partial charge in [-0.25, -0.2) is 0 Å². The molecular formula is C13H7BrCl2N2. The van der Waals surface area contributed by atoms with E-state index in [1.54, 1.807) is 24.3 Å². The lowest BCUT2D eigenvalue weighted by Gasteiger charge is -2.11. The predicted molar refractivity (Wildman–Crippen MR) is 78.6 cm³/mol. The largest absolute Gasteiger partial charge is 0.353 e. The number of halogens is 3. The number of hydrogen-bond donors (Lipinski definition) is 1. The van der Waals surface area contributed by atoms with Crippen LogP contribution in [0.3, 0.4) is 0 Å². The van der Waals surface area contributed by atoms with Crippen molar-refractivity contribution in [2.75, 3.05) is 5.32 Å². The zero-order valence-corrected chi connectivity index (χ0v) is 12.1. The zero-order chi connectivity index (χ0) is 13.1. The van der Waals surface area contributed by atoms with Crippen LogP contribution in [-0.4, -0.2) is 0 Å². The SMILES string of the molecule is N#Cc1c(Br)cccc1Nc1cccc(Cl)c1Cl. The number of nitrogens with one attached hydrogen (secondary N) is 1. The Morgan fingerprint density at radius 3 is 2.44 bits per heavy atom. The number of rotatable bonds is 2. The van der Waals surface area contributed by atoms with Crippen LogP contribution in [0, 0.1) is 11.3 Å². The molecule has 1 N–H and O–H groups in total. The highest BCUT2D eigenvalue weighted by molar-refractivity contribution is 9.10. The molecule has 0 aliphatic heterocycles. The summed E-state index contributed by atoms with van der Waals surface area (Å²) in [5, 5.41) is 13.1. The molecule has 0 aromatic heterocycles. The number of hydrogen-bond acceptors (Lipinski definition) is 2. The molecule has 0 saturated heterocycles. The fraction of sp³-hybridized carbons (Fsp3) is 0. The van der Waals surface area contributed by atoms with Crippen LogP contribution < -0.4 is 5.32 Å². The topological polar surface area (TPSA) is 35.8 Å². The summed E-state index contributed by atoms with van der Waals surface area (Å²) >= 11 is 15.4. The van der Waals surface area contributed by atoms with Crippen LogP contribution in [0.1, 0.15) is 5.56 Å². The maximum Gasteiger partial charge on any atom is 0.103 e. The van der Waals surface area contributed by atoms with Gasteiger partial charge in [0.25, 0.3) is 0 Å². The summed E-state index contributed by atoms with van der Waals surface area (Å²) in [5.74, 6) is 0. The Hall–Kier alpha value is -1.21. The van der Waals surface area contributed by atoms with E-state index >= 15 is 0 Å². The first-order valence-electron chi connectivity index (χ1n) is 5.03. The quantitative estimate of drug-likeness (QED) is 0.796.